The standard InChI is InChI=1S/C14H24N2S/c1-5-6-10-7-12(10)15-8-11-9-17-13(16-11)14(2,3)4/h9-10,12,15H,5-8H2,1-4H3. The van der Waals surface area contributed by atoms with Crippen molar-refractivity contribution in [1.82, 2.24) is 10.3 Å². The van der Waals surface area contributed by atoms with Crippen molar-refractivity contribution >= 4 is 11.3 Å². The predicted molar refractivity (Wildman–Crippen MR) is 74.5 cm³/mol. The van der Waals surface area contributed by atoms with E-state index < -0.39 is 0 Å². The maximum absolute atomic E-state index is 4.71. The molecule has 1 N–H and O–H groups in total. The monoisotopic (exact) mass is 252 g/mol. The molecule has 2 rings (SSSR count). The third kappa shape index (κ3) is 3.52. The molecule has 1 aliphatic carbocycles. The first kappa shape index (κ1) is 13.0. The van der Waals surface area contributed by atoms with Crippen LogP contribution in [0.1, 0.15) is 57.7 Å². The van der Waals surface area contributed by atoms with E-state index >= 15 is 0 Å². The summed E-state index contributed by atoms with van der Waals surface area (Å²) in [6.45, 7) is 9.88. The second kappa shape index (κ2) is 5.07. The van der Waals surface area contributed by atoms with Crippen molar-refractivity contribution in [2.75, 3.05) is 0 Å². The summed E-state index contributed by atoms with van der Waals surface area (Å²) in [7, 11) is 0. The molecule has 2 nitrogen and oxygen atoms in total. The summed E-state index contributed by atoms with van der Waals surface area (Å²) in [5.74, 6) is 0.931. The van der Waals surface area contributed by atoms with E-state index in [9.17, 15) is 0 Å². The van der Waals surface area contributed by atoms with E-state index in [0.29, 0.717) is 0 Å². The van der Waals surface area contributed by atoms with Gasteiger partial charge in [-0.15, -0.1) is 11.3 Å². The molecular weight excluding hydrogens is 228 g/mol. The zero-order chi connectivity index (χ0) is 12.5. The lowest BCUT2D eigenvalue weighted by Gasteiger charge is -2.13. The Kier molecular flexibility index (Phi) is 3.88. The van der Waals surface area contributed by atoms with Crippen LogP contribution in [0.2, 0.25) is 0 Å². The Morgan fingerprint density at radius 2 is 2.24 bits per heavy atom. The van der Waals surface area contributed by atoms with Gasteiger partial charge in [-0.05, 0) is 18.8 Å². The fourth-order valence-electron chi connectivity index (χ4n) is 2.16. The first-order valence-corrected chi connectivity index (χ1v) is 7.57. The Balaban J connectivity index is 1.79. The number of aromatic nitrogens is 1. The van der Waals surface area contributed by atoms with Gasteiger partial charge >= 0.3 is 0 Å². The van der Waals surface area contributed by atoms with Gasteiger partial charge in [0.05, 0.1) is 10.7 Å². The van der Waals surface area contributed by atoms with Crippen LogP contribution in [-0.2, 0) is 12.0 Å². The van der Waals surface area contributed by atoms with Gasteiger partial charge in [-0.1, -0.05) is 34.1 Å². The van der Waals surface area contributed by atoms with Crippen molar-refractivity contribution in [3.8, 4) is 0 Å². The molecule has 2 atom stereocenters. The largest absolute Gasteiger partial charge is 0.308 e. The van der Waals surface area contributed by atoms with Gasteiger partial charge < -0.3 is 5.32 Å². The van der Waals surface area contributed by atoms with E-state index in [-0.39, 0.29) is 5.41 Å². The van der Waals surface area contributed by atoms with E-state index in [1.165, 1.54) is 30.0 Å². The first-order chi connectivity index (χ1) is 8.00. The molecule has 0 radical (unpaired) electrons. The second-order valence-corrected chi connectivity index (χ2v) is 7.02. The highest BCUT2D eigenvalue weighted by molar-refractivity contribution is 7.09. The molecule has 96 valence electrons. The van der Waals surface area contributed by atoms with Crippen LogP contribution >= 0.6 is 11.3 Å². The van der Waals surface area contributed by atoms with Crippen molar-refractivity contribution in [2.24, 2.45) is 5.92 Å². The lowest BCUT2D eigenvalue weighted by atomic mass is 9.98. The zero-order valence-electron chi connectivity index (χ0n) is 11.4. The van der Waals surface area contributed by atoms with Crippen LogP contribution in [0.4, 0.5) is 0 Å². The molecule has 1 aliphatic rings. The molecule has 1 aromatic heterocycles. The van der Waals surface area contributed by atoms with E-state index in [2.05, 4.69) is 38.4 Å². The summed E-state index contributed by atoms with van der Waals surface area (Å²) in [6.07, 6.45) is 4.06. The van der Waals surface area contributed by atoms with E-state index in [1.807, 2.05) is 0 Å². The molecule has 0 aliphatic heterocycles. The average Bonchev–Trinajstić information content (AvgIpc) is 2.78. The topological polar surface area (TPSA) is 24.9 Å². The number of thiazole rings is 1. The maximum atomic E-state index is 4.71. The van der Waals surface area contributed by atoms with Gasteiger partial charge in [0.15, 0.2) is 0 Å². The number of hydrogen-bond acceptors (Lipinski definition) is 3. The molecule has 17 heavy (non-hydrogen) atoms. The van der Waals surface area contributed by atoms with Gasteiger partial charge in [-0.25, -0.2) is 4.98 Å². The van der Waals surface area contributed by atoms with Crippen LogP contribution in [0, 0.1) is 5.92 Å². The normalized spacial score (nSPS) is 24.0. The number of hydrogen-bond donors (Lipinski definition) is 1. The van der Waals surface area contributed by atoms with Crippen molar-refractivity contribution in [1.29, 1.82) is 0 Å². The van der Waals surface area contributed by atoms with Crippen molar-refractivity contribution < 1.29 is 0 Å². The number of rotatable bonds is 5. The van der Waals surface area contributed by atoms with Crippen LogP contribution in [0.3, 0.4) is 0 Å². The summed E-state index contributed by atoms with van der Waals surface area (Å²) in [5.41, 5.74) is 1.40. The molecular formula is C14H24N2S. The van der Waals surface area contributed by atoms with Crippen LogP contribution in [0.15, 0.2) is 5.38 Å². The Morgan fingerprint density at radius 3 is 2.82 bits per heavy atom. The lowest BCUT2D eigenvalue weighted by Crippen LogP contribution is -2.18. The molecule has 1 fully saturated rings. The third-order valence-corrected chi connectivity index (χ3v) is 4.64. The van der Waals surface area contributed by atoms with Crippen LogP contribution in [-0.4, -0.2) is 11.0 Å². The minimum atomic E-state index is 0.188. The molecule has 1 saturated carbocycles. The molecule has 3 heteroatoms. The molecule has 0 amide bonds. The van der Waals surface area contributed by atoms with Gasteiger partial charge in [0.1, 0.15) is 0 Å². The summed E-state index contributed by atoms with van der Waals surface area (Å²) in [6, 6.07) is 0.759. The molecule has 2 unspecified atom stereocenters. The van der Waals surface area contributed by atoms with Crippen LogP contribution in [0.25, 0.3) is 0 Å². The predicted octanol–water partition coefficient (Wildman–Crippen LogP) is 3.72. The minimum Gasteiger partial charge on any atom is -0.308 e. The molecule has 0 bridgehead atoms. The molecule has 0 saturated heterocycles. The Bertz CT molecular complexity index is 365. The van der Waals surface area contributed by atoms with E-state index in [1.54, 1.807) is 11.3 Å². The van der Waals surface area contributed by atoms with Gasteiger partial charge in [0, 0.05) is 23.4 Å². The van der Waals surface area contributed by atoms with Gasteiger partial charge in [0.25, 0.3) is 0 Å². The van der Waals surface area contributed by atoms with Crippen LogP contribution in [0.5, 0.6) is 0 Å². The highest BCUT2D eigenvalue weighted by atomic mass is 32.1. The average molecular weight is 252 g/mol. The Hall–Kier alpha value is -0.410. The molecule has 0 spiro atoms. The molecule has 1 heterocycles. The zero-order valence-corrected chi connectivity index (χ0v) is 12.2. The highest BCUT2D eigenvalue weighted by Crippen LogP contribution is 2.34. The second-order valence-electron chi connectivity index (χ2n) is 6.17. The van der Waals surface area contributed by atoms with Gasteiger partial charge in [-0.2, -0.15) is 0 Å². The summed E-state index contributed by atoms with van der Waals surface area (Å²) in [5, 5.41) is 7.06. The summed E-state index contributed by atoms with van der Waals surface area (Å²) < 4.78 is 0. The highest BCUT2D eigenvalue weighted by Gasteiger charge is 2.35. The Labute approximate surface area is 109 Å². The minimum absolute atomic E-state index is 0.188. The van der Waals surface area contributed by atoms with Gasteiger partial charge in [-0.3, -0.25) is 0 Å². The van der Waals surface area contributed by atoms with Crippen molar-refractivity contribution in [3.05, 3.63) is 16.1 Å². The third-order valence-electron chi connectivity index (χ3n) is 3.32. The molecule has 0 aromatic carbocycles. The SMILES string of the molecule is CCCC1CC1NCc1csc(C(C)(C)C)n1. The summed E-state index contributed by atoms with van der Waals surface area (Å²) >= 11 is 1.79. The van der Waals surface area contributed by atoms with Crippen molar-refractivity contribution in [2.45, 2.75) is 65.0 Å². The summed E-state index contributed by atoms with van der Waals surface area (Å²) in [4.78, 5) is 4.71. The van der Waals surface area contributed by atoms with E-state index in [4.69, 9.17) is 4.98 Å². The smallest absolute Gasteiger partial charge is 0.0982 e. The van der Waals surface area contributed by atoms with Gasteiger partial charge in [0.2, 0.25) is 0 Å². The first-order valence-electron chi connectivity index (χ1n) is 6.69. The fraction of sp³-hybridized carbons (Fsp3) is 0.786. The quantitative estimate of drug-likeness (QED) is 0.864. The number of nitrogens with one attached hydrogen (secondary N) is 1. The lowest BCUT2D eigenvalue weighted by molar-refractivity contribution is 0.572. The number of nitrogens with zero attached hydrogens (tertiary/aromatic N) is 1. The van der Waals surface area contributed by atoms with E-state index in [0.717, 1.165) is 18.5 Å². The maximum Gasteiger partial charge on any atom is 0.0982 e. The molecule has 1 aromatic rings. The fourth-order valence-corrected chi connectivity index (χ4v) is 3.06. The Morgan fingerprint density at radius 1 is 1.47 bits per heavy atom. The van der Waals surface area contributed by atoms with Crippen LogP contribution < -0.4 is 5.32 Å². The van der Waals surface area contributed by atoms with Crippen molar-refractivity contribution in [3.63, 3.8) is 0 Å².